The van der Waals surface area contributed by atoms with E-state index < -0.39 is 0 Å². The third-order valence-electron chi connectivity index (χ3n) is 2.23. The SMILES string of the molecule is CCCCN(CCN)Cc1cccs1. The minimum absolute atomic E-state index is 0.759. The van der Waals surface area contributed by atoms with E-state index in [0.717, 1.165) is 19.6 Å². The summed E-state index contributed by atoms with van der Waals surface area (Å²) in [5.74, 6) is 0. The maximum Gasteiger partial charge on any atom is 0.0328 e. The standard InChI is InChI=1S/C11H20N2S/c1-2-3-7-13(8-6-12)10-11-5-4-9-14-11/h4-5,9H,2-3,6-8,10,12H2,1H3. The molecule has 0 aromatic carbocycles. The summed E-state index contributed by atoms with van der Waals surface area (Å²) in [7, 11) is 0. The molecule has 80 valence electrons. The van der Waals surface area contributed by atoms with Gasteiger partial charge in [0.1, 0.15) is 0 Å². The lowest BCUT2D eigenvalue weighted by Gasteiger charge is -2.20. The molecule has 0 saturated heterocycles. The summed E-state index contributed by atoms with van der Waals surface area (Å²) in [5.41, 5.74) is 5.59. The maximum atomic E-state index is 5.59. The fourth-order valence-corrected chi connectivity index (χ4v) is 2.20. The average molecular weight is 212 g/mol. The molecule has 0 radical (unpaired) electrons. The average Bonchev–Trinajstić information content (AvgIpc) is 2.67. The highest BCUT2D eigenvalue weighted by molar-refractivity contribution is 7.09. The van der Waals surface area contributed by atoms with Gasteiger partial charge in [-0.05, 0) is 24.4 Å². The Kier molecular flexibility index (Phi) is 5.83. The van der Waals surface area contributed by atoms with Gasteiger partial charge in [-0.25, -0.2) is 0 Å². The molecule has 2 N–H and O–H groups in total. The van der Waals surface area contributed by atoms with E-state index in [1.807, 2.05) is 11.3 Å². The van der Waals surface area contributed by atoms with Gasteiger partial charge in [0.25, 0.3) is 0 Å². The van der Waals surface area contributed by atoms with Gasteiger partial charge in [0.2, 0.25) is 0 Å². The topological polar surface area (TPSA) is 29.3 Å². The van der Waals surface area contributed by atoms with Crippen molar-refractivity contribution in [3.8, 4) is 0 Å². The zero-order valence-electron chi connectivity index (χ0n) is 8.91. The highest BCUT2D eigenvalue weighted by atomic mass is 32.1. The van der Waals surface area contributed by atoms with Gasteiger partial charge >= 0.3 is 0 Å². The zero-order valence-corrected chi connectivity index (χ0v) is 9.72. The first kappa shape index (κ1) is 11.7. The van der Waals surface area contributed by atoms with Crippen LogP contribution in [0.3, 0.4) is 0 Å². The van der Waals surface area contributed by atoms with Crippen LogP contribution >= 0.6 is 11.3 Å². The van der Waals surface area contributed by atoms with Gasteiger partial charge in [-0.1, -0.05) is 19.4 Å². The Morgan fingerprint density at radius 2 is 2.29 bits per heavy atom. The first-order valence-corrected chi connectivity index (χ1v) is 6.19. The molecule has 0 saturated carbocycles. The molecule has 0 aliphatic carbocycles. The molecule has 1 aromatic rings. The summed E-state index contributed by atoms with van der Waals surface area (Å²) in [6, 6.07) is 4.31. The highest BCUT2D eigenvalue weighted by Gasteiger charge is 2.04. The number of nitrogens with two attached hydrogens (primary N) is 1. The Balaban J connectivity index is 2.34. The number of unbranched alkanes of at least 4 members (excludes halogenated alkanes) is 1. The Labute approximate surface area is 90.7 Å². The number of hydrogen-bond acceptors (Lipinski definition) is 3. The van der Waals surface area contributed by atoms with Gasteiger partial charge in [0.05, 0.1) is 0 Å². The van der Waals surface area contributed by atoms with E-state index in [2.05, 4.69) is 29.3 Å². The van der Waals surface area contributed by atoms with E-state index in [9.17, 15) is 0 Å². The Bertz CT molecular complexity index is 221. The van der Waals surface area contributed by atoms with Crippen molar-refractivity contribution in [3.63, 3.8) is 0 Å². The van der Waals surface area contributed by atoms with Crippen LogP contribution < -0.4 is 5.73 Å². The van der Waals surface area contributed by atoms with E-state index in [4.69, 9.17) is 5.73 Å². The largest absolute Gasteiger partial charge is 0.329 e. The van der Waals surface area contributed by atoms with Gasteiger partial charge in [0.15, 0.2) is 0 Å². The van der Waals surface area contributed by atoms with E-state index in [1.54, 1.807) is 0 Å². The first-order chi connectivity index (χ1) is 6.86. The van der Waals surface area contributed by atoms with Crippen LogP contribution in [0, 0.1) is 0 Å². The second kappa shape index (κ2) is 6.98. The quantitative estimate of drug-likeness (QED) is 0.751. The molecule has 0 amide bonds. The van der Waals surface area contributed by atoms with E-state index in [-0.39, 0.29) is 0 Å². The molecule has 0 unspecified atom stereocenters. The lowest BCUT2D eigenvalue weighted by Crippen LogP contribution is -2.29. The summed E-state index contributed by atoms with van der Waals surface area (Å²) < 4.78 is 0. The smallest absolute Gasteiger partial charge is 0.0328 e. The van der Waals surface area contributed by atoms with Crippen LogP contribution in [0.5, 0.6) is 0 Å². The molecule has 0 aliphatic rings. The highest BCUT2D eigenvalue weighted by Crippen LogP contribution is 2.11. The minimum Gasteiger partial charge on any atom is -0.329 e. The third-order valence-corrected chi connectivity index (χ3v) is 3.09. The molecule has 1 aromatic heterocycles. The molecule has 3 heteroatoms. The van der Waals surface area contributed by atoms with Crippen molar-refractivity contribution in [3.05, 3.63) is 22.4 Å². The molecule has 14 heavy (non-hydrogen) atoms. The molecular weight excluding hydrogens is 192 g/mol. The van der Waals surface area contributed by atoms with Crippen molar-refractivity contribution in [2.45, 2.75) is 26.3 Å². The molecule has 2 nitrogen and oxygen atoms in total. The molecule has 1 rings (SSSR count). The Morgan fingerprint density at radius 3 is 2.86 bits per heavy atom. The summed E-state index contributed by atoms with van der Waals surface area (Å²) in [5, 5.41) is 2.13. The van der Waals surface area contributed by atoms with Crippen LogP contribution in [0.15, 0.2) is 17.5 Å². The van der Waals surface area contributed by atoms with Gasteiger partial charge < -0.3 is 5.73 Å². The van der Waals surface area contributed by atoms with E-state index >= 15 is 0 Å². The molecule has 0 spiro atoms. The summed E-state index contributed by atoms with van der Waals surface area (Å²) in [6.45, 7) is 6.24. The fraction of sp³-hybridized carbons (Fsp3) is 0.636. The van der Waals surface area contributed by atoms with Crippen LogP contribution in [-0.4, -0.2) is 24.5 Å². The molecule has 0 atom stereocenters. The van der Waals surface area contributed by atoms with Crippen molar-refractivity contribution in [1.82, 2.24) is 4.90 Å². The molecular formula is C11H20N2S. The number of thiophene rings is 1. The molecule has 0 bridgehead atoms. The summed E-state index contributed by atoms with van der Waals surface area (Å²) in [6.07, 6.45) is 2.52. The van der Waals surface area contributed by atoms with Crippen molar-refractivity contribution in [1.29, 1.82) is 0 Å². The predicted molar refractivity (Wildman–Crippen MR) is 63.6 cm³/mol. The second-order valence-corrected chi connectivity index (χ2v) is 4.53. The van der Waals surface area contributed by atoms with Crippen LogP contribution in [-0.2, 0) is 6.54 Å². The van der Waals surface area contributed by atoms with Crippen molar-refractivity contribution < 1.29 is 0 Å². The van der Waals surface area contributed by atoms with Gasteiger partial charge in [-0.3, -0.25) is 4.90 Å². The predicted octanol–water partition coefficient (Wildman–Crippen LogP) is 2.31. The zero-order chi connectivity index (χ0) is 10.2. The summed E-state index contributed by atoms with van der Waals surface area (Å²) >= 11 is 1.83. The van der Waals surface area contributed by atoms with Crippen molar-refractivity contribution in [2.75, 3.05) is 19.6 Å². The third kappa shape index (κ3) is 4.22. The Hall–Kier alpha value is -0.380. The van der Waals surface area contributed by atoms with E-state index in [1.165, 1.54) is 24.3 Å². The van der Waals surface area contributed by atoms with Crippen LogP contribution in [0.4, 0.5) is 0 Å². The molecule has 1 heterocycles. The number of nitrogens with zero attached hydrogens (tertiary/aromatic N) is 1. The second-order valence-electron chi connectivity index (χ2n) is 3.50. The van der Waals surface area contributed by atoms with Crippen LogP contribution in [0.2, 0.25) is 0 Å². The van der Waals surface area contributed by atoms with Crippen molar-refractivity contribution in [2.24, 2.45) is 5.73 Å². The fourth-order valence-electron chi connectivity index (χ4n) is 1.46. The van der Waals surface area contributed by atoms with Crippen LogP contribution in [0.1, 0.15) is 24.6 Å². The number of hydrogen-bond donors (Lipinski definition) is 1. The Morgan fingerprint density at radius 1 is 1.43 bits per heavy atom. The van der Waals surface area contributed by atoms with Crippen molar-refractivity contribution >= 4 is 11.3 Å². The molecule has 0 aliphatic heterocycles. The first-order valence-electron chi connectivity index (χ1n) is 5.31. The lowest BCUT2D eigenvalue weighted by atomic mass is 10.3. The monoisotopic (exact) mass is 212 g/mol. The van der Waals surface area contributed by atoms with Gasteiger partial charge in [-0.2, -0.15) is 0 Å². The normalized spacial score (nSPS) is 11.1. The maximum absolute atomic E-state index is 5.59. The minimum atomic E-state index is 0.759. The van der Waals surface area contributed by atoms with Gasteiger partial charge in [-0.15, -0.1) is 11.3 Å². The lowest BCUT2D eigenvalue weighted by molar-refractivity contribution is 0.271. The molecule has 0 fully saturated rings. The summed E-state index contributed by atoms with van der Waals surface area (Å²) in [4.78, 5) is 3.88. The van der Waals surface area contributed by atoms with E-state index in [0.29, 0.717) is 0 Å². The van der Waals surface area contributed by atoms with Crippen LogP contribution in [0.25, 0.3) is 0 Å². The van der Waals surface area contributed by atoms with Gasteiger partial charge in [0, 0.05) is 24.5 Å². The number of rotatable bonds is 7.